The van der Waals surface area contributed by atoms with E-state index in [2.05, 4.69) is 20.8 Å². The average molecular weight is 379 g/mol. The molecule has 0 saturated carbocycles. The number of hydrogen-bond donors (Lipinski definition) is 1. The highest BCUT2D eigenvalue weighted by molar-refractivity contribution is 7.99. The van der Waals surface area contributed by atoms with Gasteiger partial charge in [-0.05, 0) is 43.3 Å². The summed E-state index contributed by atoms with van der Waals surface area (Å²) < 4.78 is 12.2. The van der Waals surface area contributed by atoms with E-state index in [-0.39, 0.29) is 11.7 Å². The minimum absolute atomic E-state index is 0.0269. The third kappa shape index (κ3) is 5.19. The number of rotatable bonds is 9. The van der Waals surface area contributed by atoms with Gasteiger partial charge < -0.3 is 14.8 Å². The van der Waals surface area contributed by atoms with Gasteiger partial charge in [-0.2, -0.15) is 4.68 Å². The largest absolute Gasteiger partial charge is 0.492 e. The van der Waals surface area contributed by atoms with Gasteiger partial charge in [-0.15, -0.1) is 5.10 Å². The predicted molar refractivity (Wildman–Crippen MR) is 95.3 cm³/mol. The molecule has 2 rings (SSSR count). The molecule has 1 amide bonds. The first-order valence-corrected chi connectivity index (χ1v) is 9.15. The van der Waals surface area contributed by atoms with Crippen LogP contribution in [0.2, 0.25) is 0 Å². The van der Waals surface area contributed by atoms with Gasteiger partial charge in [0.05, 0.1) is 12.4 Å². The maximum Gasteiger partial charge on any atom is 0.317 e. The second-order valence-electron chi connectivity index (χ2n) is 5.09. The normalized spacial score (nSPS) is 11.7. The zero-order chi connectivity index (χ0) is 18.9. The predicted octanol–water partition coefficient (Wildman–Crippen LogP) is 1.22. The summed E-state index contributed by atoms with van der Waals surface area (Å²) in [5.74, 6) is -0.250. The summed E-state index contributed by atoms with van der Waals surface area (Å²) in [6.07, 6.45) is -0.849. The van der Waals surface area contributed by atoms with Crippen LogP contribution in [0.3, 0.4) is 0 Å². The molecule has 2 aromatic rings. The van der Waals surface area contributed by atoms with E-state index in [1.807, 2.05) is 31.2 Å². The number of carbonyl (C=O) groups excluding carboxylic acids is 2. The molecule has 1 N–H and O–H groups in total. The van der Waals surface area contributed by atoms with Gasteiger partial charge in [0.25, 0.3) is 5.91 Å². The topological polar surface area (TPSA) is 108 Å². The first kappa shape index (κ1) is 19.7. The summed E-state index contributed by atoms with van der Waals surface area (Å²) in [5.41, 5.74) is 0.672. The van der Waals surface area contributed by atoms with E-state index in [0.717, 1.165) is 11.8 Å². The Hall–Kier alpha value is -2.62. The van der Waals surface area contributed by atoms with Crippen LogP contribution in [0, 0.1) is 0 Å². The Kier molecular flexibility index (Phi) is 7.39. The molecule has 9 nitrogen and oxygen atoms in total. The molecule has 0 unspecified atom stereocenters. The monoisotopic (exact) mass is 379 g/mol. The van der Waals surface area contributed by atoms with Crippen molar-refractivity contribution in [3.8, 4) is 11.4 Å². The summed E-state index contributed by atoms with van der Waals surface area (Å²) in [6, 6.07) is 7.33. The molecule has 1 heterocycles. The SMILES string of the molecule is CCNC(=O)[C@@H](C)OC(=O)CSc1nnnn1-c1ccccc1OCC. The van der Waals surface area contributed by atoms with Gasteiger partial charge in [-0.3, -0.25) is 9.59 Å². The number of aromatic nitrogens is 4. The summed E-state index contributed by atoms with van der Waals surface area (Å²) in [5, 5.41) is 14.6. The van der Waals surface area contributed by atoms with Crippen LogP contribution in [0.5, 0.6) is 5.75 Å². The van der Waals surface area contributed by atoms with Crippen molar-refractivity contribution in [1.82, 2.24) is 25.5 Å². The molecule has 1 aromatic heterocycles. The van der Waals surface area contributed by atoms with E-state index in [1.54, 1.807) is 6.92 Å². The van der Waals surface area contributed by atoms with E-state index in [9.17, 15) is 9.59 Å². The maximum atomic E-state index is 11.9. The number of carbonyl (C=O) groups is 2. The van der Waals surface area contributed by atoms with Crippen LogP contribution in [0.15, 0.2) is 29.4 Å². The van der Waals surface area contributed by atoms with E-state index >= 15 is 0 Å². The van der Waals surface area contributed by atoms with Crippen molar-refractivity contribution >= 4 is 23.6 Å². The van der Waals surface area contributed by atoms with E-state index in [4.69, 9.17) is 9.47 Å². The fourth-order valence-electron chi connectivity index (χ4n) is 2.06. The van der Waals surface area contributed by atoms with Crippen molar-refractivity contribution in [3.63, 3.8) is 0 Å². The van der Waals surface area contributed by atoms with Gasteiger partial charge in [0, 0.05) is 6.54 Å². The summed E-state index contributed by atoms with van der Waals surface area (Å²) >= 11 is 1.12. The highest BCUT2D eigenvalue weighted by Crippen LogP contribution is 2.25. The number of likely N-dealkylation sites (N-methyl/N-ethyl adjacent to an activating group) is 1. The van der Waals surface area contributed by atoms with Crippen LogP contribution in [-0.2, 0) is 14.3 Å². The standard InChI is InChI=1S/C16H21N5O4S/c1-4-17-15(23)11(3)25-14(22)10-26-16-18-19-20-21(16)12-8-6-7-9-13(12)24-5-2/h6-9,11H,4-5,10H2,1-3H3,(H,17,23)/t11-/m1/s1. The Balaban J connectivity index is 2.01. The third-order valence-corrected chi connectivity index (χ3v) is 4.07. The lowest BCUT2D eigenvalue weighted by atomic mass is 10.3. The zero-order valence-corrected chi connectivity index (χ0v) is 15.7. The van der Waals surface area contributed by atoms with Gasteiger partial charge in [-0.1, -0.05) is 23.9 Å². The van der Waals surface area contributed by atoms with Crippen molar-refractivity contribution in [2.24, 2.45) is 0 Å². The molecule has 0 saturated heterocycles. The molecule has 0 spiro atoms. The fraction of sp³-hybridized carbons (Fsp3) is 0.438. The Labute approximate surface area is 155 Å². The summed E-state index contributed by atoms with van der Waals surface area (Å²) in [4.78, 5) is 23.6. The summed E-state index contributed by atoms with van der Waals surface area (Å²) in [7, 11) is 0. The number of nitrogens with zero attached hydrogens (tertiary/aromatic N) is 4. The number of nitrogens with one attached hydrogen (secondary N) is 1. The number of para-hydroxylation sites is 2. The molecule has 1 aromatic carbocycles. The van der Waals surface area contributed by atoms with E-state index in [1.165, 1.54) is 11.6 Å². The Morgan fingerprint density at radius 1 is 1.31 bits per heavy atom. The molecule has 0 fully saturated rings. The molecular formula is C16H21N5O4S. The lowest BCUT2D eigenvalue weighted by molar-refractivity contribution is -0.152. The van der Waals surface area contributed by atoms with Gasteiger partial charge in [0.15, 0.2) is 6.10 Å². The Morgan fingerprint density at radius 2 is 2.08 bits per heavy atom. The number of esters is 1. The molecule has 0 aliphatic carbocycles. The number of benzene rings is 1. The second-order valence-corrected chi connectivity index (χ2v) is 6.03. The van der Waals surface area contributed by atoms with E-state index in [0.29, 0.717) is 29.7 Å². The molecule has 0 aliphatic heterocycles. The van der Waals surface area contributed by atoms with Crippen LogP contribution in [0.4, 0.5) is 0 Å². The number of thioether (sulfide) groups is 1. The zero-order valence-electron chi connectivity index (χ0n) is 14.8. The van der Waals surface area contributed by atoms with Gasteiger partial charge >= 0.3 is 5.97 Å². The van der Waals surface area contributed by atoms with Crippen LogP contribution in [0.25, 0.3) is 5.69 Å². The molecule has 0 radical (unpaired) electrons. The molecule has 0 bridgehead atoms. The molecule has 10 heteroatoms. The maximum absolute atomic E-state index is 11.9. The highest BCUT2D eigenvalue weighted by atomic mass is 32.2. The smallest absolute Gasteiger partial charge is 0.317 e. The number of ether oxygens (including phenoxy) is 2. The van der Waals surface area contributed by atoms with Gasteiger partial charge in [-0.25, -0.2) is 0 Å². The summed E-state index contributed by atoms with van der Waals surface area (Å²) in [6.45, 7) is 6.19. The molecular weight excluding hydrogens is 358 g/mol. The van der Waals surface area contributed by atoms with Crippen molar-refractivity contribution in [2.75, 3.05) is 18.9 Å². The Bertz CT molecular complexity index is 752. The van der Waals surface area contributed by atoms with Crippen LogP contribution in [0.1, 0.15) is 20.8 Å². The van der Waals surface area contributed by atoms with Crippen LogP contribution >= 0.6 is 11.8 Å². The molecule has 0 aliphatic rings. The number of amides is 1. The van der Waals surface area contributed by atoms with Crippen LogP contribution < -0.4 is 10.1 Å². The lowest BCUT2D eigenvalue weighted by Crippen LogP contribution is -2.35. The van der Waals surface area contributed by atoms with Gasteiger partial charge in [0.1, 0.15) is 11.4 Å². The first-order chi connectivity index (χ1) is 12.6. The fourth-order valence-corrected chi connectivity index (χ4v) is 2.72. The minimum atomic E-state index is -0.849. The molecule has 140 valence electrons. The van der Waals surface area contributed by atoms with Crippen LogP contribution in [-0.4, -0.2) is 57.1 Å². The average Bonchev–Trinajstić information content (AvgIpc) is 3.09. The molecule has 1 atom stereocenters. The third-order valence-electron chi connectivity index (χ3n) is 3.18. The quantitative estimate of drug-likeness (QED) is 0.512. The number of hydrogen-bond acceptors (Lipinski definition) is 8. The highest BCUT2D eigenvalue weighted by Gasteiger charge is 2.19. The van der Waals surface area contributed by atoms with Gasteiger partial charge in [0.2, 0.25) is 5.16 Å². The minimum Gasteiger partial charge on any atom is -0.492 e. The van der Waals surface area contributed by atoms with Crippen molar-refractivity contribution in [3.05, 3.63) is 24.3 Å². The van der Waals surface area contributed by atoms with Crippen molar-refractivity contribution in [1.29, 1.82) is 0 Å². The van der Waals surface area contributed by atoms with Crippen molar-refractivity contribution in [2.45, 2.75) is 32.0 Å². The van der Waals surface area contributed by atoms with Crippen molar-refractivity contribution < 1.29 is 19.1 Å². The molecule has 26 heavy (non-hydrogen) atoms. The Morgan fingerprint density at radius 3 is 2.81 bits per heavy atom. The number of tetrazole rings is 1. The first-order valence-electron chi connectivity index (χ1n) is 8.17. The lowest BCUT2D eigenvalue weighted by Gasteiger charge is -2.12. The van der Waals surface area contributed by atoms with E-state index < -0.39 is 12.1 Å². The second kappa shape index (κ2) is 9.76.